The first kappa shape index (κ1) is 17.1. The lowest BCUT2D eigenvalue weighted by molar-refractivity contribution is -0.384. The fourth-order valence-electron chi connectivity index (χ4n) is 1.99. The lowest BCUT2D eigenvalue weighted by Crippen LogP contribution is -2.30. The highest BCUT2D eigenvalue weighted by molar-refractivity contribution is 5.91. The lowest BCUT2D eigenvalue weighted by Gasteiger charge is -2.17. The number of nitro benzene ring substituents is 1. The number of carbonyl (C=O) groups is 2. The van der Waals surface area contributed by atoms with Gasteiger partial charge in [0, 0.05) is 25.7 Å². The first-order valence-corrected chi connectivity index (χ1v) is 7.17. The second kappa shape index (κ2) is 7.87. The van der Waals surface area contributed by atoms with Crippen molar-refractivity contribution in [2.75, 3.05) is 13.7 Å². The average Bonchev–Trinajstić information content (AvgIpc) is 2.60. The number of nitro groups is 1. The smallest absolute Gasteiger partial charge is 0.338 e. The highest BCUT2D eigenvalue weighted by Gasteiger charge is 2.15. The van der Waals surface area contributed by atoms with Gasteiger partial charge in [0.2, 0.25) is 0 Å². The molecule has 2 rings (SSSR count). The van der Waals surface area contributed by atoms with Gasteiger partial charge in [0.1, 0.15) is 0 Å². The van der Waals surface area contributed by atoms with Crippen LogP contribution in [0.3, 0.4) is 0 Å². The summed E-state index contributed by atoms with van der Waals surface area (Å²) in [6.07, 6.45) is 0. The molecule has 7 heteroatoms. The zero-order valence-corrected chi connectivity index (χ0v) is 13.0. The third kappa shape index (κ3) is 4.64. The molecule has 0 aliphatic heterocycles. The van der Waals surface area contributed by atoms with Crippen LogP contribution in [0.2, 0.25) is 0 Å². The molecule has 0 aromatic heterocycles. The van der Waals surface area contributed by atoms with Gasteiger partial charge in [-0.15, -0.1) is 0 Å². The maximum Gasteiger partial charge on any atom is 0.338 e. The van der Waals surface area contributed by atoms with Crippen LogP contribution < -0.4 is 0 Å². The van der Waals surface area contributed by atoms with E-state index in [-0.39, 0.29) is 23.8 Å². The summed E-state index contributed by atoms with van der Waals surface area (Å²) in [6.45, 7) is 0.0217. The Hall–Kier alpha value is -3.22. The normalized spacial score (nSPS) is 10.0. The second-order valence-electron chi connectivity index (χ2n) is 5.12. The third-order valence-corrected chi connectivity index (χ3v) is 3.33. The van der Waals surface area contributed by atoms with Gasteiger partial charge in [0.15, 0.2) is 6.61 Å². The van der Waals surface area contributed by atoms with Gasteiger partial charge < -0.3 is 9.64 Å². The van der Waals surface area contributed by atoms with Gasteiger partial charge in [-0.2, -0.15) is 0 Å². The fraction of sp³-hybridized carbons (Fsp3) is 0.176. The molecular formula is C17H16N2O5. The number of rotatable bonds is 6. The van der Waals surface area contributed by atoms with Crippen LogP contribution in [-0.2, 0) is 16.1 Å². The van der Waals surface area contributed by atoms with Crippen LogP contribution in [0.1, 0.15) is 15.9 Å². The Labute approximate surface area is 138 Å². The van der Waals surface area contributed by atoms with E-state index in [9.17, 15) is 19.7 Å². The predicted octanol–water partition coefficient (Wildman–Crippen LogP) is 2.41. The molecule has 124 valence electrons. The molecule has 1 amide bonds. The van der Waals surface area contributed by atoms with Crippen molar-refractivity contribution in [3.8, 4) is 0 Å². The molecule has 0 saturated heterocycles. The van der Waals surface area contributed by atoms with Crippen molar-refractivity contribution in [3.63, 3.8) is 0 Å². The predicted molar refractivity (Wildman–Crippen MR) is 86.3 cm³/mol. The number of esters is 1. The molecular weight excluding hydrogens is 312 g/mol. The standard InChI is InChI=1S/C17H16N2O5/c1-18(11-13-5-3-2-4-6-13)16(20)12-24-17(21)14-7-9-15(10-8-14)19(22)23/h2-10H,11-12H2,1H3. The number of amides is 1. The molecule has 0 radical (unpaired) electrons. The van der Waals surface area contributed by atoms with Gasteiger partial charge in [0.05, 0.1) is 10.5 Å². The molecule has 2 aromatic rings. The van der Waals surface area contributed by atoms with Gasteiger partial charge in [0.25, 0.3) is 11.6 Å². The van der Waals surface area contributed by atoms with Gasteiger partial charge in [-0.3, -0.25) is 14.9 Å². The number of hydrogen-bond acceptors (Lipinski definition) is 5. The van der Waals surface area contributed by atoms with Crippen LogP contribution in [0.5, 0.6) is 0 Å². The van der Waals surface area contributed by atoms with Gasteiger partial charge in [-0.25, -0.2) is 4.79 Å². The van der Waals surface area contributed by atoms with Crippen molar-refractivity contribution in [1.29, 1.82) is 0 Å². The molecule has 24 heavy (non-hydrogen) atoms. The van der Waals surface area contributed by atoms with Gasteiger partial charge in [-0.05, 0) is 17.7 Å². The maximum absolute atomic E-state index is 12.0. The monoisotopic (exact) mass is 328 g/mol. The van der Waals surface area contributed by atoms with Crippen molar-refractivity contribution in [2.45, 2.75) is 6.54 Å². The molecule has 0 unspecified atom stereocenters. The number of ether oxygens (including phenoxy) is 1. The van der Waals surface area contributed by atoms with E-state index in [4.69, 9.17) is 4.74 Å². The van der Waals surface area contributed by atoms with Crippen molar-refractivity contribution in [1.82, 2.24) is 4.90 Å². The SMILES string of the molecule is CN(Cc1ccccc1)C(=O)COC(=O)c1ccc([N+](=O)[O-])cc1. The third-order valence-electron chi connectivity index (χ3n) is 3.33. The van der Waals surface area contributed by atoms with E-state index >= 15 is 0 Å². The molecule has 0 atom stereocenters. The molecule has 2 aromatic carbocycles. The number of benzene rings is 2. The number of hydrogen-bond donors (Lipinski definition) is 0. The first-order chi connectivity index (χ1) is 11.5. The molecule has 0 N–H and O–H groups in total. The Morgan fingerprint density at radius 1 is 1.08 bits per heavy atom. The Kier molecular flexibility index (Phi) is 5.62. The Morgan fingerprint density at radius 2 is 1.71 bits per heavy atom. The van der Waals surface area contributed by atoms with E-state index in [0.29, 0.717) is 6.54 Å². The maximum atomic E-state index is 12.0. The summed E-state index contributed by atoms with van der Waals surface area (Å²) < 4.78 is 4.95. The van der Waals surface area contributed by atoms with Crippen LogP contribution in [0.4, 0.5) is 5.69 Å². The molecule has 0 heterocycles. The number of non-ortho nitro benzene ring substituents is 1. The fourth-order valence-corrected chi connectivity index (χ4v) is 1.99. The lowest BCUT2D eigenvalue weighted by atomic mass is 10.2. The zero-order chi connectivity index (χ0) is 17.5. The Balaban J connectivity index is 1.86. The van der Waals surface area contributed by atoms with Crippen molar-refractivity contribution in [3.05, 3.63) is 75.8 Å². The molecule has 0 aliphatic rings. The Morgan fingerprint density at radius 3 is 2.29 bits per heavy atom. The first-order valence-electron chi connectivity index (χ1n) is 7.17. The number of likely N-dealkylation sites (N-methyl/N-ethyl adjacent to an activating group) is 1. The van der Waals surface area contributed by atoms with E-state index in [2.05, 4.69) is 0 Å². The van der Waals surface area contributed by atoms with Crippen LogP contribution >= 0.6 is 0 Å². The van der Waals surface area contributed by atoms with E-state index in [0.717, 1.165) is 5.56 Å². The van der Waals surface area contributed by atoms with Gasteiger partial charge >= 0.3 is 5.97 Å². The minimum Gasteiger partial charge on any atom is -0.452 e. The van der Waals surface area contributed by atoms with Crippen LogP contribution in [0, 0.1) is 10.1 Å². The zero-order valence-electron chi connectivity index (χ0n) is 13.0. The average molecular weight is 328 g/mol. The highest BCUT2D eigenvalue weighted by Crippen LogP contribution is 2.12. The van der Waals surface area contributed by atoms with E-state index in [1.54, 1.807) is 7.05 Å². The van der Waals surface area contributed by atoms with E-state index < -0.39 is 10.9 Å². The molecule has 0 aliphatic carbocycles. The summed E-state index contributed by atoms with van der Waals surface area (Å²) in [4.78, 5) is 35.3. The van der Waals surface area contributed by atoms with Crippen LogP contribution in [0.15, 0.2) is 54.6 Å². The topological polar surface area (TPSA) is 89.8 Å². The quantitative estimate of drug-likeness (QED) is 0.461. The molecule has 0 fully saturated rings. The van der Waals surface area contributed by atoms with Gasteiger partial charge in [-0.1, -0.05) is 30.3 Å². The second-order valence-corrected chi connectivity index (χ2v) is 5.12. The summed E-state index contributed by atoms with van der Waals surface area (Å²) in [6, 6.07) is 14.4. The van der Waals surface area contributed by atoms with Crippen molar-refractivity contribution >= 4 is 17.6 Å². The summed E-state index contributed by atoms with van der Waals surface area (Å²) in [5.41, 5.74) is 0.999. The number of nitrogens with zero attached hydrogens (tertiary/aromatic N) is 2. The summed E-state index contributed by atoms with van der Waals surface area (Å²) in [5, 5.41) is 10.6. The minimum atomic E-state index is -0.702. The highest BCUT2D eigenvalue weighted by atomic mass is 16.6. The molecule has 0 spiro atoms. The summed E-state index contributed by atoms with van der Waals surface area (Å²) >= 11 is 0. The Bertz CT molecular complexity index is 728. The molecule has 0 saturated carbocycles. The largest absolute Gasteiger partial charge is 0.452 e. The van der Waals surface area contributed by atoms with Crippen LogP contribution in [0.25, 0.3) is 0 Å². The summed E-state index contributed by atoms with van der Waals surface area (Å²) in [7, 11) is 1.62. The summed E-state index contributed by atoms with van der Waals surface area (Å²) in [5.74, 6) is -1.04. The van der Waals surface area contributed by atoms with E-state index in [1.807, 2.05) is 30.3 Å². The van der Waals surface area contributed by atoms with E-state index in [1.165, 1.54) is 29.2 Å². The van der Waals surface area contributed by atoms with Crippen molar-refractivity contribution in [2.24, 2.45) is 0 Å². The van der Waals surface area contributed by atoms with Crippen molar-refractivity contribution < 1.29 is 19.2 Å². The molecule has 0 bridgehead atoms. The molecule has 7 nitrogen and oxygen atoms in total. The van der Waals surface area contributed by atoms with Crippen LogP contribution in [-0.4, -0.2) is 35.4 Å². The number of carbonyl (C=O) groups excluding carboxylic acids is 2. The minimum absolute atomic E-state index is 0.120.